The largest absolute Gasteiger partial charge is 0.432 e. The van der Waals surface area contributed by atoms with Gasteiger partial charge < -0.3 is 19.7 Å². The molecule has 0 aliphatic carbocycles. The van der Waals surface area contributed by atoms with E-state index in [1.165, 1.54) is 0 Å². The van der Waals surface area contributed by atoms with E-state index < -0.39 is 30.9 Å². The maximum atomic E-state index is 10.9. The van der Waals surface area contributed by atoms with Gasteiger partial charge in [-0.3, -0.25) is 9.59 Å². The molecule has 15 heavy (non-hydrogen) atoms. The van der Waals surface area contributed by atoms with Crippen LogP contribution in [0.25, 0.3) is 0 Å². The zero-order chi connectivity index (χ0) is 11.8. The van der Waals surface area contributed by atoms with E-state index >= 15 is 0 Å². The lowest BCUT2D eigenvalue weighted by molar-refractivity contribution is -0.172. The summed E-state index contributed by atoms with van der Waals surface area (Å²) < 4.78 is 8.55. The lowest BCUT2D eigenvalue weighted by Crippen LogP contribution is -2.22. The third-order valence-corrected chi connectivity index (χ3v) is 1.20. The van der Waals surface area contributed by atoms with Gasteiger partial charge in [-0.2, -0.15) is 0 Å². The molecule has 2 atom stereocenters. The number of esters is 2. The highest BCUT2D eigenvalue weighted by atomic mass is 16.6. The van der Waals surface area contributed by atoms with Crippen LogP contribution in [-0.2, 0) is 19.1 Å². The van der Waals surface area contributed by atoms with Crippen molar-refractivity contribution in [2.75, 3.05) is 0 Å². The summed E-state index contributed by atoms with van der Waals surface area (Å²) in [7, 11) is 0. The van der Waals surface area contributed by atoms with Crippen LogP contribution in [0.2, 0.25) is 0 Å². The SMILES string of the molecule is C=CC(O)OC(=O)CC(=O)OC(O)C=C. The van der Waals surface area contributed by atoms with Crippen molar-refractivity contribution in [3.8, 4) is 0 Å². The molecule has 6 nitrogen and oxygen atoms in total. The summed E-state index contributed by atoms with van der Waals surface area (Å²) in [4.78, 5) is 21.7. The van der Waals surface area contributed by atoms with Gasteiger partial charge in [0.15, 0.2) is 0 Å². The van der Waals surface area contributed by atoms with Gasteiger partial charge in [-0.05, 0) is 12.2 Å². The summed E-state index contributed by atoms with van der Waals surface area (Å²) in [6.07, 6.45) is -1.69. The van der Waals surface area contributed by atoms with E-state index in [4.69, 9.17) is 10.2 Å². The Morgan fingerprint density at radius 3 is 1.67 bits per heavy atom. The van der Waals surface area contributed by atoms with Crippen molar-refractivity contribution in [2.24, 2.45) is 0 Å². The molecule has 0 rings (SSSR count). The standard InChI is InChI=1S/C9H12O6/c1-3-6(10)14-8(12)5-9(13)15-7(11)4-2/h3-4,6-7,10-11H,1-2,5H2. The summed E-state index contributed by atoms with van der Waals surface area (Å²) >= 11 is 0. The predicted molar refractivity (Wildman–Crippen MR) is 49.2 cm³/mol. The minimum Gasteiger partial charge on any atom is -0.432 e. The van der Waals surface area contributed by atoms with Gasteiger partial charge in [0.25, 0.3) is 0 Å². The fraction of sp³-hybridized carbons (Fsp3) is 0.333. The van der Waals surface area contributed by atoms with E-state index in [2.05, 4.69) is 22.6 Å². The molecule has 2 N–H and O–H groups in total. The smallest absolute Gasteiger partial charge is 0.319 e. The van der Waals surface area contributed by atoms with Crippen molar-refractivity contribution < 1.29 is 29.3 Å². The molecule has 0 saturated carbocycles. The molecule has 0 heterocycles. The van der Waals surface area contributed by atoms with Crippen molar-refractivity contribution in [3.05, 3.63) is 25.3 Å². The highest BCUT2D eigenvalue weighted by Gasteiger charge is 2.16. The molecule has 0 aromatic carbocycles. The highest BCUT2D eigenvalue weighted by molar-refractivity contribution is 5.91. The number of carbonyl (C=O) groups excluding carboxylic acids is 2. The first-order valence-corrected chi connectivity index (χ1v) is 3.99. The zero-order valence-electron chi connectivity index (χ0n) is 7.96. The molecular formula is C9H12O6. The maximum absolute atomic E-state index is 10.9. The van der Waals surface area contributed by atoms with Gasteiger partial charge in [-0.25, -0.2) is 0 Å². The van der Waals surface area contributed by atoms with Crippen molar-refractivity contribution in [3.63, 3.8) is 0 Å². The van der Waals surface area contributed by atoms with Gasteiger partial charge in [0.05, 0.1) is 0 Å². The van der Waals surface area contributed by atoms with E-state index in [1.54, 1.807) is 0 Å². The summed E-state index contributed by atoms with van der Waals surface area (Å²) in [5.74, 6) is -1.97. The van der Waals surface area contributed by atoms with Crippen molar-refractivity contribution in [2.45, 2.75) is 19.0 Å². The molecule has 0 aliphatic rings. The normalized spacial score (nSPS) is 13.5. The first-order valence-electron chi connectivity index (χ1n) is 3.99. The Bertz CT molecular complexity index is 233. The molecule has 0 radical (unpaired) electrons. The second kappa shape index (κ2) is 6.74. The first kappa shape index (κ1) is 13.3. The number of aliphatic hydroxyl groups excluding tert-OH is 2. The number of hydrogen-bond donors (Lipinski definition) is 2. The van der Waals surface area contributed by atoms with E-state index in [9.17, 15) is 9.59 Å². The number of carbonyl (C=O) groups is 2. The second-order valence-corrected chi connectivity index (χ2v) is 2.41. The molecule has 2 unspecified atom stereocenters. The molecular weight excluding hydrogens is 204 g/mol. The number of ether oxygens (including phenoxy) is 2. The van der Waals surface area contributed by atoms with Gasteiger partial charge in [-0.15, -0.1) is 0 Å². The molecule has 0 aromatic rings. The molecule has 0 bridgehead atoms. The van der Waals surface area contributed by atoms with Crippen LogP contribution >= 0.6 is 0 Å². The fourth-order valence-corrected chi connectivity index (χ4v) is 0.567. The Labute approximate surface area is 86.4 Å². The molecule has 0 aliphatic heterocycles. The van der Waals surface area contributed by atoms with E-state index in [1.807, 2.05) is 0 Å². The van der Waals surface area contributed by atoms with E-state index in [0.29, 0.717) is 0 Å². The highest BCUT2D eigenvalue weighted by Crippen LogP contribution is 1.97. The predicted octanol–water partition coefficient (Wildman–Crippen LogP) is -0.528. The maximum Gasteiger partial charge on any atom is 0.319 e. The molecule has 6 heteroatoms. The monoisotopic (exact) mass is 216 g/mol. The number of rotatable bonds is 6. The molecule has 0 saturated heterocycles. The van der Waals surface area contributed by atoms with Crippen LogP contribution in [0.5, 0.6) is 0 Å². The van der Waals surface area contributed by atoms with Crippen LogP contribution in [0.1, 0.15) is 6.42 Å². The van der Waals surface area contributed by atoms with Gasteiger partial charge in [-0.1, -0.05) is 13.2 Å². The summed E-state index contributed by atoms with van der Waals surface area (Å²) in [5.41, 5.74) is 0. The van der Waals surface area contributed by atoms with Crippen LogP contribution in [0, 0.1) is 0 Å². The zero-order valence-corrected chi connectivity index (χ0v) is 7.96. The van der Waals surface area contributed by atoms with Crippen LogP contribution in [0.15, 0.2) is 25.3 Å². The van der Waals surface area contributed by atoms with Gasteiger partial charge in [0, 0.05) is 0 Å². The van der Waals surface area contributed by atoms with Gasteiger partial charge in [0.1, 0.15) is 6.42 Å². The van der Waals surface area contributed by atoms with Crippen LogP contribution in [0.4, 0.5) is 0 Å². The second-order valence-electron chi connectivity index (χ2n) is 2.41. The summed E-state index contributed by atoms with van der Waals surface area (Å²) in [6, 6.07) is 0. The summed E-state index contributed by atoms with van der Waals surface area (Å²) in [5, 5.41) is 17.6. The Morgan fingerprint density at radius 1 is 1.07 bits per heavy atom. The third-order valence-electron chi connectivity index (χ3n) is 1.20. The average molecular weight is 216 g/mol. The van der Waals surface area contributed by atoms with Gasteiger partial charge in [0.2, 0.25) is 12.6 Å². The minimum absolute atomic E-state index is 0.712. The van der Waals surface area contributed by atoms with Crippen molar-refractivity contribution in [1.29, 1.82) is 0 Å². The lowest BCUT2D eigenvalue weighted by Gasteiger charge is -2.09. The van der Waals surface area contributed by atoms with Crippen LogP contribution < -0.4 is 0 Å². The molecule has 0 amide bonds. The van der Waals surface area contributed by atoms with E-state index in [0.717, 1.165) is 12.2 Å². The average Bonchev–Trinajstić information content (AvgIpc) is 2.16. The van der Waals surface area contributed by atoms with Crippen LogP contribution in [-0.4, -0.2) is 34.7 Å². The Morgan fingerprint density at radius 2 is 1.40 bits per heavy atom. The van der Waals surface area contributed by atoms with Crippen molar-refractivity contribution in [1.82, 2.24) is 0 Å². The minimum atomic E-state index is -1.46. The van der Waals surface area contributed by atoms with Crippen LogP contribution in [0.3, 0.4) is 0 Å². The molecule has 0 spiro atoms. The lowest BCUT2D eigenvalue weighted by atomic mass is 10.4. The number of aliphatic hydroxyl groups is 2. The third kappa shape index (κ3) is 6.42. The van der Waals surface area contributed by atoms with E-state index in [-0.39, 0.29) is 0 Å². The van der Waals surface area contributed by atoms with Gasteiger partial charge >= 0.3 is 11.9 Å². The molecule has 0 aromatic heterocycles. The Hall–Kier alpha value is -1.66. The topological polar surface area (TPSA) is 93.1 Å². The van der Waals surface area contributed by atoms with Crippen molar-refractivity contribution >= 4 is 11.9 Å². The quantitative estimate of drug-likeness (QED) is 0.268. The molecule has 0 fully saturated rings. The number of hydrogen-bond acceptors (Lipinski definition) is 6. The molecule has 84 valence electrons. The first-order chi connectivity index (χ1) is 6.99. The Balaban J connectivity index is 3.91. The Kier molecular flexibility index (Phi) is 6.00. The summed E-state index contributed by atoms with van der Waals surface area (Å²) in [6.45, 7) is 6.32. The fourth-order valence-electron chi connectivity index (χ4n) is 0.567.